The number of nitrogens with two attached hydrogens (primary N) is 1. The number of piperazine rings is 1. The second kappa shape index (κ2) is 17.4. The summed E-state index contributed by atoms with van der Waals surface area (Å²) in [5.74, 6) is -0.423. The Hall–Kier alpha value is -5.46. The van der Waals surface area contributed by atoms with Gasteiger partial charge in [0.25, 0.3) is 10.2 Å². The molecule has 324 valence electrons. The van der Waals surface area contributed by atoms with Gasteiger partial charge in [-0.15, -0.1) is 0 Å². The minimum absolute atomic E-state index is 0.0518. The molecule has 0 aliphatic carbocycles. The SMILES string of the molecule is NS(=O)(=O)N1CCC(F)C1c1cc(Cl)cc(-c2cn(-c3ccc(N4CCN(CC5CCN(c6ccc(N7CCC(=O)NC7=O)cc6)CC5)CC4)cc3)nc2-c2ccncc2)c1F. The van der Waals surface area contributed by atoms with E-state index < -0.39 is 28.2 Å². The summed E-state index contributed by atoms with van der Waals surface area (Å²) in [6, 6.07) is 20.5. The predicted octanol–water partition coefficient (Wildman–Crippen LogP) is 6.17. The van der Waals surface area contributed by atoms with Crippen LogP contribution in [0.3, 0.4) is 0 Å². The van der Waals surface area contributed by atoms with Gasteiger partial charge in [-0.05, 0) is 98.0 Å². The van der Waals surface area contributed by atoms with Crippen molar-refractivity contribution >= 4 is 50.8 Å². The molecule has 3 amide bonds. The van der Waals surface area contributed by atoms with Gasteiger partial charge in [-0.25, -0.2) is 23.4 Å². The van der Waals surface area contributed by atoms with E-state index in [0.717, 1.165) is 85.7 Å². The number of piperidine rings is 1. The van der Waals surface area contributed by atoms with Gasteiger partial charge in [0.05, 0.1) is 11.7 Å². The zero-order valence-electron chi connectivity index (χ0n) is 33.9. The third-order valence-corrected chi connectivity index (χ3v) is 13.8. The molecule has 3 aromatic carbocycles. The van der Waals surface area contributed by atoms with E-state index in [1.165, 1.54) is 12.1 Å². The molecule has 3 N–H and O–H groups in total. The first kappa shape index (κ1) is 41.9. The highest BCUT2D eigenvalue weighted by atomic mass is 35.5. The van der Waals surface area contributed by atoms with Crippen LogP contribution >= 0.6 is 11.6 Å². The normalized spacial score (nSPS) is 20.9. The topological polar surface area (TPSA) is 153 Å². The first-order valence-corrected chi connectivity index (χ1v) is 22.7. The molecule has 2 unspecified atom stereocenters. The number of nitrogens with one attached hydrogen (secondary N) is 1. The second-order valence-electron chi connectivity index (χ2n) is 16.3. The highest BCUT2D eigenvalue weighted by Crippen LogP contribution is 2.43. The van der Waals surface area contributed by atoms with E-state index in [9.17, 15) is 18.0 Å². The van der Waals surface area contributed by atoms with Crippen LogP contribution in [0.25, 0.3) is 28.1 Å². The van der Waals surface area contributed by atoms with Crippen molar-refractivity contribution in [2.75, 3.05) is 73.6 Å². The van der Waals surface area contributed by atoms with Gasteiger partial charge >= 0.3 is 6.03 Å². The average Bonchev–Trinajstić information content (AvgIpc) is 3.90. The maximum absolute atomic E-state index is 16.6. The van der Waals surface area contributed by atoms with Crippen molar-refractivity contribution < 1.29 is 26.8 Å². The molecule has 4 aliphatic rings. The molecule has 14 nitrogen and oxygen atoms in total. The summed E-state index contributed by atoms with van der Waals surface area (Å²) in [4.78, 5) is 36.9. The number of rotatable bonds is 10. The number of halogens is 3. The molecule has 4 fully saturated rings. The Morgan fingerprint density at radius 2 is 1.40 bits per heavy atom. The van der Waals surface area contributed by atoms with E-state index in [4.69, 9.17) is 21.8 Å². The Bertz CT molecular complexity index is 2550. The first-order valence-electron chi connectivity index (χ1n) is 20.9. The number of carbonyl (C=O) groups excluding carboxylic acids is 2. The smallest absolute Gasteiger partial charge is 0.328 e. The molecule has 2 aromatic heterocycles. The van der Waals surface area contributed by atoms with Gasteiger partial charge in [0.15, 0.2) is 0 Å². The molecular weight excluding hydrogens is 838 g/mol. The summed E-state index contributed by atoms with van der Waals surface area (Å²) < 4.78 is 59.1. The number of imide groups is 1. The number of pyridine rings is 1. The number of amides is 3. The summed E-state index contributed by atoms with van der Waals surface area (Å²) in [6.45, 7) is 6.95. The van der Waals surface area contributed by atoms with Crippen LogP contribution in [0.2, 0.25) is 5.02 Å². The lowest BCUT2D eigenvalue weighted by atomic mass is 9.95. The minimum atomic E-state index is -4.32. The van der Waals surface area contributed by atoms with Gasteiger partial charge in [-0.3, -0.25) is 24.9 Å². The van der Waals surface area contributed by atoms with E-state index in [2.05, 4.69) is 49.3 Å². The number of carbonyl (C=O) groups is 2. The maximum atomic E-state index is 16.6. The van der Waals surface area contributed by atoms with Gasteiger partial charge < -0.3 is 9.80 Å². The number of alkyl halides is 1. The highest BCUT2D eigenvalue weighted by molar-refractivity contribution is 7.86. The number of hydrogen-bond donors (Lipinski definition) is 2. The number of urea groups is 1. The quantitative estimate of drug-likeness (QED) is 0.168. The molecule has 5 aromatic rings. The van der Waals surface area contributed by atoms with Crippen molar-refractivity contribution in [1.29, 1.82) is 0 Å². The van der Waals surface area contributed by atoms with Crippen molar-refractivity contribution in [2.45, 2.75) is 37.9 Å². The van der Waals surface area contributed by atoms with Crippen LogP contribution in [0.4, 0.5) is 30.6 Å². The lowest BCUT2D eigenvalue weighted by Gasteiger charge is -2.40. The number of anilines is 3. The van der Waals surface area contributed by atoms with Crippen LogP contribution in [0, 0.1) is 11.7 Å². The number of hydrogen-bond acceptors (Lipinski definition) is 9. The lowest BCUT2D eigenvalue weighted by Crippen LogP contribution is -2.49. The van der Waals surface area contributed by atoms with Crippen molar-refractivity contribution in [2.24, 2.45) is 11.1 Å². The fourth-order valence-electron chi connectivity index (χ4n) is 9.21. The van der Waals surface area contributed by atoms with E-state index in [0.29, 0.717) is 35.7 Å². The molecule has 0 spiro atoms. The maximum Gasteiger partial charge on any atom is 0.328 e. The molecule has 9 rings (SSSR count). The van der Waals surface area contributed by atoms with E-state index in [1.807, 2.05) is 24.3 Å². The number of aromatic nitrogens is 3. The van der Waals surface area contributed by atoms with E-state index in [1.54, 1.807) is 40.3 Å². The third-order valence-electron chi connectivity index (χ3n) is 12.5. The van der Waals surface area contributed by atoms with Crippen molar-refractivity contribution in [3.8, 4) is 28.1 Å². The van der Waals surface area contributed by atoms with Crippen LogP contribution < -0.4 is 25.2 Å². The largest absolute Gasteiger partial charge is 0.372 e. The van der Waals surface area contributed by atoms with Crippen molar-refractivity contribution in [3.63, 3.8) is 0 Å². The van der Waals surface area contributed by atoms with Gasteiger partial charge in [0, 0.05) is 128 Å². The molecule has 6 heterocycles. The zero-order valence-corrected chi connectivity index (χ0v) is 35.5. The molecule has 4 saturated heterocycles. The average molecular weight is 885 g/mol. The standard InChI is InChI=1S/C44H47ClF2N10O4S/c45-31-25-36(41(47)37(26-31)43-39(46)13-20-57(43)62(48,60)61)38-28-56(51-42(38)30-9-15-49-16-10-30)35-7-3-33(4-8-35)54-23-21-52(22-24-54)27-29-11-17-53(18-12-29)32-1-5-34(6-2-32)55-19-14-40(58)50-44(55)59/h1-10,15-16,25-26,28-29,39,43H,11-14,17-24,27H2,(H2,48,60,61)(H,50,58,59). The Morgan fingerprint density at radius 1 is 0.774 bits per heavy atom. The molecule has 62 heavy (non-hydrogen) atoms. The van der Waals surface area contributed by atoms with Crippen LogP contribution in [0.1, 0.15) is 37.3 Å². The Balaban J connectivity index is 0.841. The Morgan fingerprint density at radius 3 is 2.05 bits per heavy atom. The molecule has 18 heteroatoms. The molecule has 0 radical (unpaired) electrons. The van der Waals surface area contributed by atoms with Gasteiger partial charge in [0.2, 0.25) is 5.91 Å². The first-order chi connectivity index (χ1) is 29.9. The van der Waals surface area contributed by atoms with Gasteiger partial charge in [-0.1, -0.05) is 11.6 Å². The van der Waals surface area contributed by atoms with E-state index in [-0.39, 0.29) is 41.1 Å². The summed E-state index contributed by atoms with van der Waals surface area (Å²) in [7, 11) is -4.32. The molecule has 0 bridgehead atoms. The fraction of sp³-hybridized carbons (Fsp3) is 0.364. The highest BCUT2D eigenvalue weighted by Gasteiger charge is 2.43. The van der Waals surface area contributed by atoms with Crippen LogP contribution in [0.5, 0.6) is 0 Å². The van der Waals surface area contributed by atoms with Crippen molar-refractivity contribution in [1.82, 2.24) is 29.3 Å². The third kappa shape index (κ3) is 8.64. The second-order valence-corrected chi connectivity index (χ2v) is 18.3. The predicted molar refractivity (Wildman–Crippen MR) is 235 cm³/mol. The fourth-order valence-corrected chi connectivity index (χ4v) is 10.4. The van der Waals surface area contributed by atoms with Crippen LogP contribution in [0.15, 0.2) is 91.4 Å². The monoisotopic (exact) mass is 884 g/mol. The lowest BCUT2D eigenvalue weighted by molar-refractivity contribution is -0.120. The van der Waals surface area contributed by atoms with E-state index >= 15 is 8.78 Å². The number of nitrogens with zero attached hydrogens (tertiary/aromatic N) is 8. The molecule has 0 saturated carbocycles. The van der Waals surface area contributed by atoms with Gasteiger partial charge in [-0.2, -0.15) is 17.8 Å². The van der Waals surface area contributed by atoms with Crippen LogP contribution in [-0.2, 0) is 15.0 Å². The summed E-state index contributed by atoms with van der Waals surface area (Å²) in [6.07, 6.45) is 5.65. The van der Waals surface area contributed by atoms with Gasteiger partial charge in [0.1, 0.15) is 17.7 Å². The van der Waals surface area contributed by atoms with Crippen molar-refractivity contribution in [3.05, 3.63) is 108 Å². The molecule has 4 aliphatic heterocycles. The van der Waals surface area contributed by atoms with Crippen LogP contribution in [-0.4, -0.2) is 109 Å². The summed E-state index contributed by atoms with van der Waals surface area (Å²) >= 11 is 6.54. The molecular formula is C44H47ClF2N10O4S. The molecule has 2 atom stereocenters. The number of benzene rings is 3. The minimum Gasteiger partial charge on any atom is -0.372 e. The summed E-state index contributed by atoms with van der Waals surface area (Å²) in [5, 5.41) is 12.8. The Kier molecular flexibility index (Phi) is 11.7. The zero-order chi connectivity index (χ0) is 43.1. The Labute approximate surface area is 364 Å². The summed E-state index contributed by atoms with van der Waals surface area (Å²) in [5.41, 5.74) is 5.12.